The molecule has 0 aliphatic heterocycles. The molecule has 28 heavy (non-hydrogen) atoms. The lowest BCUT2D eigenvalue weighted by Gasteiger charge is -2.58. The second-order valence-electron chi connectivity index (χ2n) is 10.0. The molecule has 0 amide bonds. The summed E-state index contributed by atoms with van der Waals surface area (Å²) in [5.74, 6) is -0.278. The molecule has 3 fully saturated rings. The topological polar surface area (TPSA) is 80.7 Å². The van der Waals surface area contributed by atoms with Crippen LogP contribution in [0.3, 0.4) is 0 Å². The fourth-order valence-corrected chi connectivity index (χ4v) is 7.95. The van der Waals surface area contributed by atoms with Gasteiger partial charge in [0, 0.05) is 11.8 Å². The number of hydrogen-bond acceptors (Lipinski definition) is 4. The molecule has 7 unspecified atom stereocenters. The largest absolute Gasteiger partial charge is 0.481 e. The van der Waals surface area contributed by atoms with Gasteiger partial charge in [-0.15, -0.1) is 0 Å². The van der Waals surface area contributed by atoms with Gasteiger partial charge in [-0.05, 0) is 48.9 Å². The lowest BCUT2D eigenvalue weighted by atomic mass is 9.43. The second-order valence-corrected chi connectivity index (χ2v) is 10.0. The van der Waals surface area contributed by atoms with Crippen molar-refractivity contribution in [1.29, 1.82) is 0 Å². The Balaban J connectivity index is 1.94. The Morgan fingerprint density at radius 3 is 2.61 bits per heavy atom. The highest BCUT2D eigenvalue weighted by atomic mass is 16.5. The summed E-state index contributed by atoms with van der Waals surface area (Å²) in [6.45, 7) is 8.12. The van der Waals surface area contributed by atoms with Gasteiger partial charge in [0.1, 0.15) is 11.7 Å². The molecule has 0 aromatic heterocycles. The number of carboxylic acids is 1. The first-order valence-corrected chi connectivity index (χ1v) is 10.8. The summed E-state index contributed by atoms with van der Waals surface area (Å²) in [6, 6.07) is 0. The Bertz CT molecular complexity index is 754. The van der Waals surface area contributed by atoms with Crippen molar-refractivity contribution < 1.29 is 24.2 Å². The molecular weight excluding hydrogens is 356 g/mol. The molecule has 0 aromatic carbocycles. The summed E-state index contributed by atoms with van der Waals surface area (Å²) in [4.78, 5) is 38.0. The number of fused-ring (bicyclic) bond motifs is 2. The van der Waals surface area contributed by atoms with E-state index in [-0.39, 0.29) is 36.8 Å². The minimum absolute atomic E-state index is 0.0198. The molecule has 5 heteroatoms. The first kappa shape index (κ1) is 19.7. The molecule has 3 saturated carbocycles. The minimum Gasteiger partial charge on any atom is -0.481 e. The Hall–Kier alpha value is -1.65. The maximum absolute atomic E-state index is 13.1. The first-order chi connectivity index (χ1) is 13.2. The number of hydrogen-bond donors (Lipinski definition) is 1. The number of carboxylic acid groups (broad SMARTS) is 1. The van der Waals surface area contributed by atoms with Crippen LogP contribution in [-0.4, -0.2) is 29.9 Å². The number of ether oxygens (including phenoxy) is 1. The number of aldehydes is 1. The van der Waals surface area contributed by atoms with E-state index in [0.29, 0.717) is 18.3 Å². The fraction of sp³-hybridized carbons (Fsp3) is 0.783. The Kier molecular flexibility index (Phi) is 4.33. The summed E-state index contributed by atoms with van der Waals surface area (Å²) in [5.41, 5.74) is -1.96. The van der Waals surface area contributed by atoms with Crippen molar-refractivity contribution in [3.8, 4) is 0 Å². The maximum Gasteiger partial charge on any atom is 0.315 e. The second kappa shape index (κ2) is 6.17. The van der Waals surface area contributed by atoms with Gasteiger partial charge in [-0.2, -0.15) is 0 Å². The molecule has 154 valence electrons. The Morgan fingerprint density at radius 1 is 1.32 bits per heavy atom. The molecule has 4 aliphatic carbocycles. The molecule has 4 aliphatic rings. The quantitative estimate of drug-likeness (QED) is 0.424. The first-order valence-electron chi connectivity index (χ1n) is 10.8. The van der Waals surface area contributed by atoms with E-state index in [9.17, 15) is 19.5 Å². The number of rotatable bonds is 6. The van der Waals surface area contributed by atoms with Crippen molar-refractivity contribution in [2.24, 2.45) is 45.8 Å². The standard InChI is InChI=1S/C23H32O5/c1-5-19(25)28-12-22-10-16-14(4)6-7-17(16)21(11-24)9-15(22)8-18(13(2)3)23(21,22)20(26)27/h8,11,13-17H,5-7,9-10,12H2,1-4H3,(H,26,27). The molecule has 0 radical (unpaired) electrons. The van der Waals surface area contributed by atoms with E-state index >= 15 is 0 Å². The van der Waals surface area contributed by atoms with Gasteiger partial charge in [-0.3, -0.25) is 9.59 Å². The molecule has 5 nitrogen and oxygen atoms in total. The monoisotopic (exact) mass is 388 g/mol. The van der Waals surface area contributed by atoms with Crippen LogP contribution in [0.4, 0.5) is 0 Å². The van der Waals surface area contributed by atoms with Crippen LogP contribution in [0.5, 0.6) is 0 Å². The van der Waals surface area contributed by atoms with Gasteiger partial charge in [0.15, 0.2) is 0 Å². The summed E-state index contributed by atoms with van der Waals surface area (Å²) >= 11 is 0. The van der Waals surface area contributed by atoms with Gasteiger partial charge in [0.2, 0.25) is 0 Å². The molecule has 0 heterocycles. The van der Waals surface area contributed by atoms with E-state index in [4.69, 9.17) is 4.74 Å². The van der Waals surface area contributed by atoms with Gasteiger partial charge in [-0.1, -0.05) is 45.8 Å². The third-order valence-electron chi connectivity index (χ3n) is 8.90. The molecule has 0 spiro atoms. The lowest BCUT2D eigenvalue weighted by molar-refractivity contribution is -0.188. The predicted octanol–water partition coefficient (Wildman–Crippen LogP) is 3.86. The third-order valence-corrected chi connectivity index (χ3v) is 8.90. The average Bonchev–Trinajstić information content (AvgIpc) is 3.23. The molecule has 1 N–H and O–H groups in total. The number of aliphatic carboxylic acids is 1. The number of esters is 1. The molecule has 0 saturated heterocycles. The highest BCUT2D eigenvalue weighted by molar-refractivity contribution is 5.90. The summed E-state index contributed by atoms with van der Waals surface area (Å²) in [6.07, 6.45) is 6.67. The Morgan fingerprint density at radius 2 is 2.04 bits per heavy atom. The van der Waals surface area contributed by atoms with Crippen molar-refractivity contribution in [3.63, 3.8) is 0 Å². The van der Waals surface area contributed by atoms with Gasteiger partial charge < -0.3 is 14.6 Å². The van der Waals surface area contributed by atoms with Crippen LogP contribution in [0.15, 0.2) is 11.6 Å². The molecular formula is C23H32O5. The van der Waals surface area contributed by atoms with Crippen molar-refractivity contribution >= 4 is 18.2 Å². The normalized spacial score (nSPS) is 45.7. The zero-order valence-electron chi connectivity index (χ0n) is 17.4. The van der Waals surface area contributed by atoms with Crippen molar-refractivity contribution in [3.05, 3.63) is 11.6 Å². The van der Waals surface area contributed by atoms with Crippen LogP contribution in [-0.2, 0) is 19.1 Å². The van der Waals surface area contributed by atoms with Crippen LogP contribution in [0, 0.1) is 45.8 Å². The SMILES string of the molecule is CCC(=O)OCC12CC3C(C)CCC3C3(C=O)CC1C=C(C(C)C)C32C(=O)O. The molecule has 0 aromatic rings. The highest BCUT2D eigenvalue weighted by Gasteiger charge is 2.84. The van der Waals surface area contributed by atoms with Gasteiger partial charge in [0.25, 0.3) is 0 Å². The van der Waals surface area contributed by atoms with Crippen LogP contribution in [0.25, 0.3) is 0 Å². The summed E-state index contributed by atoms with van der Waals surface area (Å²) < 4.78 is 5.66. The van der Waals surface area contributed by atoms with Crippen molar-refractivity contribution in [1.82, 2.24) is 0 Å². The molecule has 4 bridgehead atoms. The van der Waals surface area contributed by atoms with E-state index in [1.807, 2.05) is 13.8 Å². The fourth-order valence-electron chi connectivity index (χ4n) is 7.95. The summed E-state index contributed by atoms with van der Waals surface area (Å²) in [7, 11) is 0. The van der Waals surface area contributed by atoms with Crippen molar-refractivity contribution in [2.75, 3.05) is 6.61 Å². The summed E-state index contributed by atoms with van der Waals surface area (Å²) in [5, 5.41) is 10.7. The van der Waals surface area contributed by atoms with E-state index in [2.05, 4.69) is 13.0 Å². The molecule has 7 atom stereocenters. The van der Waals surface area contributed by atoms with Gasteiger partial charge in [0.05, 0.1) is 12.0 Å². The third kappa shape index (κ3) is 1.96. The van der Waals surface area contributed by atoms with E-state index in [1.54, 1.807) is 6.92 Å². The number of carbonyl (C=O) groups is 3. The number of allylic oxidation sites excluding steroid dienone is 1. The predicted molar refractivity (Wildman–Crippen MR) is 103 cm³/mol. The smallest absolute Gasteiger partial charge is 0.315 e. The van der Waals surface area contributed by atoms with Crippen LogP contribution < -0.4 is 0 Å². The van der Waals surface area contributed by atoms with Crippen molar-refractivity contribution in [2.45, 2.75) is 59.8 Å². The van der Waals surface area contributed by atoms with E-state index in [1.165, 1.54) is 0 Å². The molecule has 4 rings (SSSR count). The zero-order chi connectivity index (χ0) is 20.5. The lowest BCUT2D eigenvalue weighted by Crippen LogP contribution is -2.63. The maximum atomic E-state index is 13.1. The number of carbonyl (C=O) groups excluding carboxylic acids is 2. The van der Waals surface area contributed by atoms with Crippen LogP contribution >= 0.6 is 0 Å². The van der Waals surface area contributed by atoms with Crippen LogP contribution in [0.2, 0.25) is 0 Å². The van der Waals surface area contributed by atoms with E-state index < -0.39 is 22.2 Å². The van der Waals surface area contributed by atoms with Gasteiger partial charge in [-0.25, -0.2) is 0 Å². The highest BCUT2D eigenvalue weighted by Crippen LogP contribution is 2.82. The minimum atomic E-state index is -1.25. The van der Waals surface area contributed by atoms with Gasteiger partial charge >= 0.3 is 11.9 Å². The zero-order valence-corrected chi connectivity index (χ0v) is 17.4. The van der Waals surface area contributed by atoms with E-state index in [0.717, 1.165) is 31.1 Å². The Labute approximate surface area is 166 Å². The average molecular weight is 389 g/mol. The van der Waals surface area contributed by atoms with Crippen LogP contribution in [0.1, 0.15) is 59.8 Å².